The molecule has 1 unspecified atom stereocenters. The molecule has 0 saturated carbocycles. The van der Waals surface area contributed by atoms with E-state index < -0.39 is 0 Å². The Morgan fingerprint density at radius 3 is 2.96 bits per heavy atom. The summed E-state index contributed by atoms with van der Waals surface area (Å²) < 4.78 is 11.1. The molecule has 1 aliphatic rings. The lowest BCUT2D eigenvalue weighted by Crippen LogP contribution is -2.32. The number of halogens is 1. The number of benzene rings is 2. The minimum Gasteiger partial charge on any atom is -0.503 e. The number of carbonyl (C=O) groups is 1. The zero-order valence-corrected chi connectivity index (χ0v) is 14.1. The third kappa shape index (κ3) is 3.12. The summed E-state index contributed by atoms with van der Waals surface area (Å²) in [7, 11) is 1.44. The maximum atomic E-state index is 12.5. The molecule has 0 fully saturated rings. The lowest BCUT2D eigenvalue weighted by Gasteiger charge is -2.26. The minimum atomic E-state index is -0.231. The average Bonchev–Trinajstić information content (AvgIpc) is 2.57. The summed E-state index contributed by atoms with van der Waals surface area (Å²) in [6.07, 6.45) is 0.707. The SMILES string of the molecule is COc1cc(C(=O)NC2CCOc3ccccc32)cc(Br)c1O. The minimum absolute atomic E-state index is 0.0273. The van der Waals surface area contributed by atoms with Gasteiger partial charge >= 0.3 is 0 Å². The molecule has 0 aromatic heterocycles. The van der Waals surface area contributed by atoms with Gasteiger partial charge in [-0.2, -0.15) is 0 Å². The van der Waals surface area contributed by atoms with Crippen molar-refractivity contribution in [2.45, 2.75) is 12.5 Å². The Balaban J connectivity index is 1.85. The van der Waals surface area contributed by atoms with Crippen LogP contribution in [0, 0.1) is 0 Å². The van der Waals surface area contributed by atoms with E-state index in [1.807, 2.05) is 24.3 Å². The zero-order valence-electron chi connectivity index (χ0n) is 12.5. The van der Waals surface area contributed by atoms with E-state index in [1.54, 1.807) is 6.07 Å². The standard InChI is InChI=1S/C17H16BrNO4/c1-22-15-9-10(8-12(18)16(15)20)17(21)19-13-6-7-23-14-5-3-2-4-11(13)14/h2-5,8-9,13,20H,6-7H2,1H3,(H,19,21). The zero-order chi connectivity index (χ0) is 16.4. The topological polar surface area (TPSA) is 67.8 Å². The van der Waals surface area contributed by atoms with Crippen LogP contribution in [0.5, 0.6) is 17.2 Å². The van der Waals surface area contributed by atoms with Crippen molar-refractivity contribution in [2.24, 2.45) is 0 Å². The summed E-state index contributed by atoms with van der Waals surface area (Å²) in [4.78, 5) is 12.5. The molecule has 5 nitrogen and oxygen atoms in total. The number of para-hydroxylation sites is 1. The first-order chi connectivity index (χ1) is 11.1. The molecule has 0 bridgehead atoms. The molecule has 1 atom stereocenters. The highest BCUT2D eigenvalue weighted by Crippen LogP contribution is 2.36. The highest BCUT2D eigenvalue weighted by Gasteiger charge is 2.23. The Morgan fingerprint density at radius 2 is 2.17 bits per heavy atom. The Kier molecular flexibility index (Phi) is 4.43. The number of hydrogen-bond donors (Lipinski definition) is 2. The third-order valence-corrected chi connectivity index (χ3v) is 4.38. The average molecular weight is 378 g/mol. The van der Waals surface area contributed by atoms with E-state index in [1.165, 1.54) is 13.2 Å². The quantitative estimate of drug-likeness (QED) is 0.859. The predicted molar refractivity (Wildman–Crippen MR) is 89.1 cm³/mol. The molecule has 2 N–H and O–H groups in total. The van der Waals surface area contributed by atoms with Crippen molar-refractivity contribution >= 4 is 21.8 Å². The maximum absolute atomic E-state index is 12.5. The predicted octanol–water partition coefficient (Wildman–Crippen LogP) is 3.42. The molecule has 0 spiro atoms. The van der Waals surface area contributed by atoms with Gasteiger partial charge in [-0.15, -0.1) is 0 Å². The second-order valence-electron chi connectivity index (χ2n) is 5.21. The van der Waals surface area contributed by atoms with Crippen molar-refractivity contribution in [3.63, 3.8) is 0 Å². The van der Waals surface area contributed by atoms with Gasteiger partial charge in [-0.05, 0) is 34.1 Å². The van der Waals surface area contributed by atoms with Crippen LogP contribution in [0.25, 0.3) is 0 Å². The first kappa shape index (κ1) is 15.7. The van der Waals surface area contributed by atoms with Crippen molar-refractivity contribution in [3.05, 3.63) is 52.0 Å². The van der Waals surface area contributed by atoms with Crippen LogP contribution in [0.2, 0.25) is 0 Å². The molecule has 0 radical (unpaired) electrons. The first-order valence-electron chi connectivity index (χ1n) is 7.19. The Bertz CT molecular complexity index is 747. The summed E-state index contributed by atoms with van der Waals surface area (Å²) in [5, 5.41) is 12.8. The van der Waals surface area contributed by atoms with E-state index >= 15 is 0 Å². The van der Waals surface area contributed by atoms with Crippen LogP contribution in [-0.2, 0) is 0 Å². The number of phenols is 1. The number of phenolic OH excluding ortho intramolecular Hbond substituents is 1. The normalized spacial score (nSPS) is 16.2. The highest BCUT2D eigenvalue weighted by atomic mass is 79.9. The van der Waals surface area contributed by atoms with Crippen LogP contribution < -0.4 is 14.8 Å². The molecule has 6 heteroatoms. The number of aromatic hydroxyl groups is 1. The van der Waals surface area contributed by atoms with E-state index in [4.69, 9.17) is 9.47 Å². The molecule has 0 aliphatic carbocycles. The summed E-state index contributed by atoms with van der Waals surface area (Å²) in [5.74, 6) is 0.789. The smallest absolute Gasteiger partial charge is 0.251 e. The monoisotopic (exact) mass is 377 g/mol. The summed E-state index contributed by atoms with van der Waals surface area (Å²) in [6.45, 7) is 0.560. The van der Waals surface area contributed by atoms with E-state index in [-0.39, 0.29) is 23.4 Å². The number of amides is 1. The summed E-state index contributed by atoms with van der Waals surface area (Å²) in [6, 6.07) is 10.7. The van der Waals surface area contributed by atoms with Crippen molar-refractivity contribution < 1.29 is 19.4 Å². The summed E-state index contributed by atoms with van der Waals surface area (Å²) in [5.41, 5.74) is 1.38. The molecule has 3 rings (SSSR count). The Morgan fingerprint density at radius 1 is 1.39 bits per heavy atom. The molecular formula is C17H16BrNO4. The lowest BCUT2D eigenvalue weighted by atomic mass is 10.00. The molecule has 1 heterocycles. The molecule has 2 aromatic rings. The largest absolute Gasteiger partial charge is 0.503 e. The number of fused-ring (bicyclic) bond motifs is 1. The van der Waals surface area contributed by atoms with Crippen LogP contribution in [0.15, 0.2) is 40.9 Å². The van der Waals surface area contributed by atoms with Gasteiger partial charge in [-0.25, -0.2) is 0 Å². The van der Waals surface area contributed by atoms with Gasteiger partial charge in [0.2, 0.25) is 0 Å². The lowest BCUT2D eigenvalue weighted by molar-refractivity contribution is 0.0924. The van der Waals surface area contributed by atoms with Crippen LogP contribution in [0.1, 0.15) is 28.4 Å². The highest BCUT2D eigenvalue weighted by molar-refractivity contribution is 9.10. The van der Waals surface area contributed by atoms with Gasteiger partial charge in [0.25, 0.3) is 5.91 Å². The number of rotatable bonds is 3. The summed E-state index contributed by atoms with van der Waals surface area (Å²) >= 11 is 3.23. The molecule has 2 aromatic carbocycles. The molecule has 1 amide bonds. The maximum Gasteiger partial charge on any atom is 0.251 e. The van der Waals surface area contributed by atoms with E-state index in [9.17, 15) is 9.90 Å². The van der Waals surface area contributed by atoms with Gasteiger partial charge in [0.1, 0.15) is 5.75 Å². The Hall–Kier alpha value is -2.21. The molecule has 0 saturated heterocycles. The van der Waals surface area contributed by atoms with Gasteiger partial charge < -0.3 is 19.9 Å². The van der Waals surface area contributed by atoms with Gasteiger partial charge in [-0.3, -0.25) is 4.79 Å². The van der Waals surface area contributed by atoms with E-state index in [2.05, 4.69) is 21.2 Å². The number of hydrogen-bond acceptors (Lipinski definition) is 4. The Labute approximate surface area is 142 Å². The van der Waals surface area contributed by atoms with Crippen molar-refractivity contribution in [3.8, 4) is 17.2 Å². The molecule has 23 heavy (non-hydrogen) atoms. The molecule has 120 valence electrons. The number of ether oxygens (including phenoxy) is 2. The van der Waals surface area contributed by atoms with Gasteiger partial charge in [0.15, 0.2) is 11.5 Å². The van der Waals surface area contributed by atoms with Gasteiger partial charge in [-0.1, -0.05) is 18.2 Å². The number of carbonyl (C=O) groups excluding carboxylic acids is 1. The first-order valence-corrected chi connectivity index (χ1v) is 7.98. The van der Waals surface area contributed by atoms with E-state index in [0.29, 0.717) is 23.1 Å². The van der Waals surface area contributed by atoms with Gasteiger partial charge in [0.05, 0.1) is 24.2 Å². The molecular weight excluding hydrogens is 362 g/mol. The van der Waals surface area contributed by atoms with Crippen LogP contribution >= 0.6 is 15.9 Å². The fourth-order valence-corrected chi connectivity index (χ4v) is 3.04. The third-order valence-electron chi connectivity index (χ3n) is 3.77. The van der Waals surface area contributed by atoms with Crippen molar-refractivity contribution in [2.75, 3.05) is 13.7 Å². The van der Waals surface area contributed by atoms with Crippen molar-refractivity contribution in [1.29, 1.82) is 0 Å². The molecule has 1 aliphatic heterocycles. The van der Waals surface area contributed by atoms with Crippen molar-refractivity contribution in [1.82, 2.24) is 5.32 Å². The van der Waals surface area contributed by atoms with Crippen LogP contribution in [-0.4, -0.2) is 24.7 Å². The fraction of sp³-hybridized carbons (Fsp3) is 0.235. The second-order valence-corrected chi connectivity index (χ2v) is 6.06. The fourth-order valence-electron chi connectivity index (χ4n) is 2.59. The number of methoxy groups -OCH3 is 1. The number of nitrogens with one attached hydrogen (secondary N) is 1. The van der Waals surface area contributed by atoms with E-state index in [0.717, 1.165) is 11.3 Å². The second kappa shape index (κ2) is 6.50. The van der Waals surface area contributed by atoms with Gasteiger partial charge in [0, 0.05) is 17.5 Å². The van der Waals surface area contributed by atoms with Crippen LogP contribution in [0.4, 0.5) is 0 Å². The van der Waals surface area contributed by atoms with Crippen LogP contribution in [0.3, 0.4) is 0 Å².